The van der Waals surface area contributed by atoms with Crippen LogP contribution in [0.2, 0.25) is 0 Å². The molecular formula is C28H27FN4O3. The number of pyridine rings is 1. The quantitative estimate of drug-likeness (QED) is 0.356. The summed E-state index contributed by atoms with van der Waals surface area (Å²) in [5, 5.41) is 5.72. The lowest BCUT2D eigenvalue weighted by molar-refractivity contribution is 0.242. The summed E-state index contributed by atoms with van der Waals surface area (Å²) in [5.74, 6) is 1.13. The molecule has 0 radical (unpaired) electrons. The molecule has 2 aromatic heterocycles. The van der Waals surface area contributed by atoms with E-state index in [9.17, 15) is 9.18 Å². The van der Waals surface area contributed by atoms with Gasteiger partial charge in [-0.2, -0.15) is 5.10 Å². The molecule has 0 bridgehead atoms. The maximum atomic E-state index is 14.1. The molecule has 36 heavy (non-hydrogen) atoms. The maximum absolute atomic E-state index is 14.1. The fraction of sp³-hybridized carbons (Fsp3) is 0.214. The van der Waals surface area contributed by atoms with Gasteiger partial charge in [0.1, 0.15) is 34.0 Å². The first-order chi connectivity index (χ1) is 17.3. The fourth-order valence-corrected chi connectivity index (χ4v) is 4.42. The summed E-state index contributed by atoms with van der Waals surface area (Å²) in [7, 11) is 1.61. The first-order valence-electron chi connectivity index (χ1n) is 11.7. The van der Waals surface area contributed by atoms with Gasteiger partial charge in [-0.1, -0.05) is 18.2 Å². The van der Waals surface area contributed by atoms with E-state index in [0.717, 1.165) is 22.3 Å². The third kappa shape index (κ3) is 4.04. The molecule has 7 nitrogen and oxygen atoms in total. The largest absolute Gasteiger partial charge is 0.497 e. The van der Waals surface area contributed by atoms with Crippen molar-refractivity contribution in [2.24, 2.45) is 0 Å². The van der Waals surface area contributed by atoms with Crippen LogP contribution in [-0.4, -0.2) is 27.6 Å². The van der Waals surface area contributed by atoms with E-state index in [1.54, 1.807) is 17.7 Å². The minimum atomic E-state index is -0.410. The number of halogens is 1. The smallest absolute Gasteiger partial charge is 0.264 e. The average molecular weight is 487 g/mol. The summed E-state index contributed by atoms with van der Waals surface area (Å²) < 4.78 is 28.4. The van der Waals surface area contributed by atoms with E-state index >= 15 is 0 Å². The van der Waals surface area contributed by atoms with Gasteiger partial charge in [-0.05, 0) is 68.3 Å². The van der Waals surface area contributed by atoms with Crippen LogP contribution < -0.4 is 20.8 Å². The van der Waals surface area contributed by atoms with Crippen molar-refractivity contribution in [2.45, 2.75) is 33.4 Å². The van der Waals surface area contributed by atoms with E-state index in [1.807, 2.05) is 63.2 Å². The van der Waals surface area contributed by atoms with Gasteiger partial charge in [0.2, 0.25) is 0 Å². The van der Waals surface area contributed by atoms with E-state index in [-0.39, 0.29) is 22.9 Å². The summed E-state index contributed by atoms with van der Waals surface area (Å²) in [6.45, 7) is 6.04. The SMILES string of the molecule is COc1ccc(Cn2c(=O)c3c(N)n(-c4cc(F)ccc4C)nc3c3ccc(OC(C)C)cc32)cc1. The van der Waals surface area contributed by atoms with Crippen molar-refractivity contribution < 1.29 is 13.9 Å². The molecule has 0 aliphatic heterocycles. The van der Waals surface area contributed by atoms with Gasteiger partial charge in [-0.25, -0.2) is 9.07 Å². The Morgan fingerprint density at radius 1 is 1.03 bits per heavy atom. The first-order valence-corrected chi connectivity index (χ1v) is 11.7. The van der Waals surface area contributed by atoms with Gasteiger partial charge in [-0.3, -0.25) is 4.79 Å². The highest BCUT2D eigenvalue weighted by atomic mass is 19.1. The summed E-state index contributed by atoms with van der Waals surface area (Å²) in [5.41, 5.74) is 9.53. The molecule has 0 spiro atoms. The van der Waals surface area contributed by atoms with Crippen LogP contribution in [0.3, 0.4) is 0 Å². The van der Waals surface area contributed by atoms with E-state index in [4.69, 9.17) is 15.2 Å². The molecule has 0 aliphatic rings. The molecule has 3 aromatic carbocycles. The normalized spacial score (nSPS) is 11.5. The van der Waals surface area contributed by atoms with E-state index in [1.165, 1.54) is 16.8 Å². The van der Waals surface area contributed by atoms with Crippen LogP contribution >= 0.6 is 0 Å². The molecule has 0 saturated heterocycles. The Hall–Kier alpha value is -4.33. The van der Waals surface area contributed by atoms with Gasteiger partial charge in [0.05, 0.1) is 31.0 Å². The van der Waals surface area contributed by atoms with Gasteiger partial charge in [-0.15, -0.1) is 0 Å². The molecule has 0 unspecified atom stereocenters. The van der Waals surface area contributed by atoms with Crippen molar-refractivity contribution in [3.63, 3.8) is 0 Å². The summed E-state index contributed by atoms with van der Waals surface area (Å²) in [6.07, 6.45) is -0.0289. The number of rotatable bonds is 6. The van der Waals surface area contributed by atoms with Crippen LogP contribution in [0.15, 0.2) is 65.5 Å². The standard InChI is InChI=1S/C28H27FN4O3/c1-16(2)36-21-11-12-22-24(14-21)32(15-18-6-9-20(35-4)10-7-18)28(34)25-26(22)31-33(27(25)30)23-13-19(29)8-5-17(23)3/h5-14,16H,15,30H2,1-4H3. The lowest BCUT2D eigenvalue weighted by Gasteiger charge is -2.15. The molecule has 0 atom stereocenters. The molecule has 5 aromatic rings. The van der Waals surface area contributed by atoms with Gasteiger partial charge in [0.25, 0.3) is 5.56 Å². The van der Waals surface area contributed by atoms with Crippen molar-refractivity contribution in [3.8, 4) is 17.2 Å². The number of fused-ring (bicyclic) bond motifs is 3. The van der Waals surface area contributed by atoms with Crippen LogP contribution in [0.5, 0.6) is 11.5 Å². The number of benzene rings is 3. The predicted octanol–water partition coefficient (Wildman–Crippen LogP) is 5.21. The van der Waals surface area contributed by atoms with Gasteiger partial charge in [0.15, 0.2) is 0 Å². The van der Waals surface area contributed by atoms with Crippen LogP contribution in [-0.2, 0) is 6.54 Å². The van der Waals surface area contributed by atoms with Crippen molar-refractivity contribution >= 4 is 27.6 Å². The van der Waals surface area contributed by atoms with Gasteiger partial charge < -0.3 is 19.8 Å². The molecule has 2 heterocycles. The number of ether oxygens (including phenoxy) is 2. The number of hydrogen-bond donors (Lipinski definition) is 1. The third-order valence-corrected chi connectivity index (χ3v) is 6.17. The third-order valence-electron chi connectivity index (χ3n) is 6.17. The number of aromatic nitrogens is 3. The topological polar surface area (TPSA) is 84.3 Å². The van der Waals surface area contributed by atoms with Crippen molar-refractivity contribution in [1.29, 1.82) is 0 Å². The number of nitrogens with two attached hydrogens (primary N) is 1. The number of anilines is 1. The Labute approximate surface area is 207 Å². The zero-order valence-corrected chi connectivity index (χ0v) is 20.6. The number of nitrogens with zero attached hydrogens (tertiary/aromatic N) is 3. The van der Waals surface area contributed by atoms with Crippen molar-refractivity contribution in [1.82, 2.24) is 14.3 Å². The maximum Gasteiger partial charge on any atom is 0.264 e. The Bertz CT molecular complexity index is 1650. The van der Waals surface area contributed by atoms with E-state index in [2.05, 4.69) is 5.10 Å². The Morgan fingerprint density at radius 3 is 2.44 bits per heavy atom. The first kappa shape index (κ1) is 23.4. The average Bonchev–Trinajstić information content (AvgIpc) is 3.20. The monoisotopic (exact) mass is 486 g/mol. The second-order valence-electron chi connectivity index (χ2n) is 9.04. The lowest BCUT2D eigenvalue weighted by Crippen LogP contribution is -2.22. The highest BCUT2D eigenvalue weighted by molar-refractivity contribution is 6.07. The zero-order chi connectivity index (χ0) is 25.6. The molecule has 2 N–H and O–H groups in total. The van der Waals surface area contributed by atoms with Crippen LogP contribution in [0.1, 0.15) is 25.0 Å². The molecular weight excluding hydrogens is 459 g/mol. The minimum absolute atomic E-state index is 0.0289. The van der Waals surface area contributed by atoms with Crippen molar-refractivity contribution in [2.75, 3.05) is 12.8 Å². The highest BCUT2D eigenvalue weighted by Gasteiger charge is 2.21. The Kier molecular flexibility index (Phi) is 5.88. The summed E-state index contributed by atoms with van der Waals surface area (Å²) >= 11 is 0. The number of hydrogen-bond acceptors (Lipinski definition) is 5. The van der Waals surface area contributed by atoms with E-state index in [0.29, 0.717) is 29.0 Å². The zero-order valence-electron chi connectivity index (χ0n) is 20.6. The number of aryl methyl sites for hydroxylation is 1. The fourth-order valence-electron chi connectivity index (χ4n) is 4.42. The second kappa shape index (κ2) is 9.03. The van der Waals surface area contributed by atoms with Crippen LogP contribution in [0, 0.1) is 12.7 Å². The number of methoxy groups -OCH3 is 1. The van der Waals surface area contributed by atoms with Crippen LogP contribution in [0.4, 0.5) is 10.2 Å². The summed E-state index contributed by atoms with van der Waals surface area (Å²) in [6, 6.07) is 17.5. The van der Waals surface area contributed by atoms with Gasteiger partial charge >= 0.3 is 0 Å². The molecule has 184 valence electrons. The number of nitrogen functional groups attached to an aromatic ring is 1. The van der Waals surface area contributed by atoms with Gasteiger partial charge in [0, 0.05) is 11.5 Å². The van der Waals surface area contributed by atoms with Crippen LogP contribution in [0.25, 0.3) is 27.5 Å². The minimum Gasteiger partial charge on any atom is -0.497 e. The van der Waals surface area contributed by atoms with E-state index < -0.39 is 5.82 Å². The Morgan fingerprint density at radius 2 is 1.75 bits per heavy atom. The molecule has 8 heteroatoms. The molecule has 0 fully saturated rings. The second-order valence-corrected chi connectivity index (χ2v) is 9.04. The Balaban J connectivity index is 1.80. The molecule has 0 amide bonds. The lowest BCUT2D eigenvalue weighted by atomic mass is 10.1. The summed E-state index contributed by atoms with van der Waals surface area (Å²) in [4.78, 5) is 13.9. The molecule has 0 aliphatic carbocycles. The molecule has 0 saturated carbocycles. The van der Waals surface area contributed by atoms with Crippen molar-refractivity contribution in [3.05, 3.63) is 88.0 Å². The predicted molar refractivity (Wildman–Crippen MR) is 140 cm³/mol. The highest BCUT2D eigenvalue weighted by Crippen LogP contribution is 2.31. The molecule has 5 rings (SSSR count).